The number of carbonyl (C=O) groups excluding carboxylic acids is 2. The van der Waals surface area contributed by atoms with Gasteiger partial charge in [-0.05, 0) is 68.5 Å². The highest BCUT2D eigenvalue weighted by Gasteiger charge is 2.31. The Balaban J connectivity index is 1.16. The molecule has 2 aliphatic rings. The van der Waals surface area contributed by atoms with Crippen molar-refractivity contribution in [1.29, 1.82) is 0 Å². The maximum absolute atomic E-state index is 12.9. The van der Waals surface area contributed by atoms with Gasteiger partial charge >= 0.3 is 0 Å². The van der Waals surface area contributed by atoms with Crippen molar-refractivity contribution in [3.05, 3.63) is 59.9 Å². The molecule has 7 heteroatoms. The molecule has 0 atom stereocenters. The Morgan fingerprint density at radius 3 is 2.36 bits per heavy atom. The Hall–Kier alpha value is -3.19. The SMILES string of the molecule is CN1CCN(C(=O)C2CCC(c3ccc(NC(=O)c4onc5ccccc45)cc3)CC2)CC1. The van der Waals surface area contributed by atoms with E-state index >= 15 is 0 Å². The number of likely N-dealkylation sites (N-methyl/N-ethyl adjacent to an activating group) is 1. The van der Waals surface area contributed by atoms with Crippen LogP contribution in [0.25, 0.3) is 10.9 Å². The van der Waals surface area contributed by atoms with E-state index in [9.17, 15) is 9.59 Å². The van der Waals surface area contributed by atoms with Crippen molar-refractivity contribution < 1.29 is 14.1 Å². The first-order chi connectivity index (χ1) is 16.1. The van der Waals surface area contributed by atoms with E-state index in [1.54, 1.807) is 0 Å². The van der Waals surface area contributed by atoms with Crippen molar-refractivity contribution >= 4 is 28.4 Å². The Bertz CT molecular complexity index is 1120. The molecule has 0 bridgehead atoms. The van der Waals surface area contributed by atoms with Gasteiger partial charge in [0.1, 0.15) is 5.52 Å². The van der Waals surface area contributed by atoms with Gasteiger partial charge < -0.3 is 19.6 Å². The summed E-state index contributed by atoms with van der Waals surface area (Å²) in [7, 11) is 2.11. The van der Waals surface area contributed by atoms with Crippen molar-refractivity contribution in [2.45, 2.75) is 31.6 Å². The second kappa shape index (κ2) is 9.35. The first-order valence-electron chi connectivity index (χ1n) is 11.8. The zero-order valence-electron chi connectivity index (χ0n) is 19.0. The van der Waals surface area contributed by atoms with Crippen molar-refractivity contribution in [2.24, 2.45) is 5.92 Å². The second-order valence-corrected chi connectivity index (χ2v) is 9.28. The summed E-state index contributed by atoms with van der Waals surface area (Å²) in [5.41, 5.74) is 2.66. The first kappa shape index (κ1) is 21.6. The lowest BCUT2D eigenvalue weighted by atomic mass is 9.78. The number of nitrogens with zero attached hydrogens (tertiary/aromatic N) is 3. The monoisotopic (exact) mass is 446 g/mol. The van der Waals surface area contributed by atoms with Crippen LogP contribution < -0.4 is 5.32 Å². The minimum Gasteiger partial charge on any atom is -0.350 e. The van der Waals surface area contributed by atoms with Gasteiger partial charge in [-0.1, -0.05) is 29.4 Å². The number of hydrogen-bond donors (Lipinski definition) is 1. The number of hydrogen-bond acceptors (Lipinski definition) is 5. The predicted molar refractivity (Wildman–Crippen MR) is 127 cm³/mol. The van der Waals surface area contributed by atoms with Gasteiger partial charge in [-0.2, -0.15) is 0 Å². The van der Waals surface area contributed by atoms with Crippen LogP contribution in [-0.2, 0) is 4.79 Å². The van der Waals surface area contributed by atoms with Gasteiger partial charge in [0.25, 0.3) is 5.91 Å². The van der Waals surface area contributed by atoms with Gasteiger partial charge in [0.05, 0.1) is 5.39 Å². The molecule has 0 spiro atoms. The molecule has 0 radical (unpaired) electrons. The van der Waals surface area contributed by atoms with Crippen LogP contribution in [0.1, 0.15) is 47.7 Å². The molecule has 3 aromatic rings. The summed E-state index contributed by atoms with van der Waals surface area (Å²) >= 11 is 0. The number of carbonyl (C=O) groups is 2. The number of fused-ring (bicyclic) bond motifs is 1. The molecule has 1 aliphatic heterocycles. The number of anilines is 1. The molecule has 1 saturated heterocycles. The highest BCUT2D eigenvalue weighted by molar-refractivity contribution is 6.10. The molecule has 5 rings (SSSR count). The number of aromatic nitrogens is 1. The molecule has 7 nitrogen and oxygen atoms in total. The van der Waals surface area contributed by atoms with Crippen molar-refractivity contribution in [3.63, 3.8) is 0 Å². The maximum Gasteiger partial charge on any atom is 0.294 e. The fourth-order valence-electron chi connectivity index (χ4n) is 5.04. The Morgan fingerprint density at radius 2 is 1.64 bits per heavy atom. The van der Waals surface area contributed by atoms with Crippen molar-refractivity contribution in [2.75, 3.05) is 38.5 Å². The number of piperazine rings is 1. The maximum atomic E-state index is 12.9. The van der Waals surface area contributed by atoms with Gasteiger partial charge in [0, 0.05) is 37.8 Å². The summed E-state index contributed by atoms with van der Waals surface area (Å²) in [6, 6.07) is 15.4. The van der Waals surface area contributed by atoms with Gasteiger partial charge in [-0.25, -0.2) is 0 Å². The van der Waals surface area contributed by atoms with E-state index < -0.39 is 0 Å². The molecule has 1 N–H and O–H groups in total. The van der Waals surface area contributed by atoms with Crippen LogP contribution in [0.5, 0.6) is 0 Å². The van der Waals surface area contributed by atoms with Crippen molar-refractivity contribution in [3.8, 4) is 0 Å². The van der Waals surface area contributed by atoms with E-state index in [4.69, 9.17) is 4.52 Å². The van der Waals surface area contributed by atoms with E-state index in [0.717, 1.165) is 57.5 Å². The lowest BCUT2D eigenvalue weighted by molar-refractivity contribution is -0.138. The first-order valence-corrected chi connectivity index (χ1v) is 11.8. The van der Waals surface area contributed by atoms with E-state index in [-0.39, 0.29) is 17.6 Å². The quantitative estimate of drug-likeness (QED) is 0.652. The normalized spacial score (nSPS) is 21.8. The minimum atomic E-state index is -0.306. The highest BCUT2D eigenvalue weighted by Crippen LogP contribution is 2.37. The summed E-state index contributed by atoms with van der Waals surface area (Å²) in [4.78, 5) is 29.9. The molecule has 1 aromatic heterocycles. The van der Waals surface area contributed by atoms with Gasteiger partial charge in [0.15, 0.2) is 0 Å². The van der Waals surface area contributed by atoms with E-state index in [0.29, 0.717) is 22.7 Å². The van der Waals surface area contributed by atoms with Gasteiger partial charge in [-0.3, -0.25) is 9.59 Å². The second-order valence-electron chi connectivity index (χ2n) is 9.28. The van der Waals surface area contributed by atoms with Crippen LogP contribution in [0, 0.1) is 5.92 Å². The third-order valence-electron chi connectivity index (χ3n) is 7.12. The van der Waals surface area contributed by atoms with E-state index in [1.807, 2.05) is 36.4 Å². The predicted octanol–water partition coefficient (Wildman–Crippen LogP) is 4.13. The molecular formula is C26H30N4O3. The van der Waals surface area contributed by atoms with E-state index in [1.165, 1.54) is 5.56 Å². The molecule has 1 saturated carbocycles. The summed E-state index contributed by atoms with van der Waals surface area (Å²) in [6.07, 6.45) is 3.96. The molecule has 2 heterocycles. The Kier molecular flexibility index (Phi) is 6.13. The lowest BCUT2D eigenvalue weighted by Crippen LogP contribution is -2.49. The van der Waals surface area contributed by atoms with Gasteiger partial charge in [0.2, 0.25) is 11.7 Å². The summed E-state index contributed by atoms with van der Waals surface area (Å²) < 4.78 is 5.25. The largest absolute Gasteiger partial charge is 0.350 e. The van der Waals surface area contributed by atoms with Crippen molar-refractivity contribution in [1.82, 2.24) is 15.0 Å². The average Bonchev–Trinajstić information content (AvgIpc) is 3.29. The number of nitrogens with one attached hydrogen (secondary N) is 1. The van der Waals surface area contributed by atoms with E-state index in [2.05, 4.69) is 39.5 Å². The van der Waals surface area contributed by atoms with Crippen LogP contribution in [0.4, 0.5) is 5.69 Å². The minimum absolute atomic E-state index is 0.167. The third kappa shape index (κ3) is 4.64. The highest BCUT2D eigenvalue weighted by atomic mass is 16.5. The fraction of sp³-hybridized carbons (Fsp3) is 0.423. The van der Waals surface area contributed by atoms with Crippen LogP contribution in [0.2, 0.25) is 0 Å². The Morgan fingerprint density at radius 1 is 0.939 bits per heavy atom. The number of benzene rings is 2. The molecule has 1 aliphatic carbocycles. The smallest absolute Gasteiger partial charge is 0.294 e. The lowest BCUT2D eigenvalue weighted by Gasteiger charge is -2.36. The van der Waals surface area contributed by atoms with Crippen LogP contribution in [-0.4, -0.2) is 60.0 Å². The molecule has 0 unspecified atom stereocenters. The standard InChI is InChI=1S/C26H30N4O3/c1-29-14-16-30(17-15-29)26(32)20-8-6-18(7-9-20)19-10-12-21(13-11-19)27-25(31)24-22-4-2-3-5-23(22)28-33-24/h2-5,10-13,18,20H,6-9,14-17H2,1H3,(H,27,31). The van der Waals surface area contributed by atoms with Crippen LogP contribution in [0.15, 0.2) is 53.1 Å². The molecular weight excluding hydrogens is 416 g/mol. The van der Waals surface area contributed by atoms with Crippen LogP contribution >= 0.6 is 0 Å². The molecule has 172 valence electrons. The van der Waals surface area contributed by atoms with Crippen LogP contribution in [0.3, 0.4) is 0 Å². The summed E-state index contributed by atoms with van der Waals surface area (Å²) in [5, 5.41) is 7.55. The third-order valence-corrected chi connectivity index (χ3v) is 7.12. The molecule has 33 heavy (non-hydrogen) atoms. The topological polar surface area (TPSA) is 78.7 Å². The number of amides is 2. The molecule has 2 amide bonds. The Labute approximate surface area is 193 Å². The van der Waals surface area contributed by atoms with Gasteiger partial charge in [-0.15, -0.1) is 0 Å². The summed E-state index contributed by atoms with van der Waals surface area (Å²) in [5.74, 6) is 0.890. The average molecular weight is 447 g/mol. The summed E-state index contributed by atoms with van der Waals surface area (Å²) in [6.45, 7) is 3.64. The zero-order chi connectivity index (χ0) is 22.8. The fourth-order valence-corrected chi connectivity index (χ4v) is 5.04. The molecule has 2 fully saturated rings. The zero-order valence-corrected chi connectivity index (χ0v) is 19.0. The molecule has 2 aromatic carbocycles. The number of rotatable bonds is 4.